The molecule has 1 aromatic carbocycles. The van der Waals surface area contributed by atoms with Crippen LogP contribution in [0.1, 0.15) is 83.1 Å². The van der Waals surface area contributed by atoms with Crippen molar-refractivity contribution in [3.63, 3.8) is 0 Å². The standard InChI is InChI=1S/C38H60N2O13/c1-2-24(42)13-11-9-7-5-3-4-6-8-10-12-14-30(43)39-18-17-23-20-40-27-16-15-25(19-26(23)27)51-38-36(49)34(47)32(45)29(53-38)22-50-37-35(48)33(46)31(44)28(21-41)52-37/h5,7,15-16,19-20,24,28-29,31-38,40-42,44-49H,2-4,6,8-14,17-18,21-22H2,1H3,(H,39,43)/b7-5-/t24?,28?,29?,31-,32-,33?,34?,35?,36?,37+,38+/m1/s1. The van der Waals surface area contributed by atoms with Crippen LogP contribution in [0.3, 0.4) is 0 Å². The molecule has 53 heavy (non-hydrogen) atoms. The second-order valence-corrected chi connectivity index (χ2v) is 14.1. The first kappa shape index (κ1) is 43.1. The lowest BCUT2D eigenvalue weighted by Gasteiger charge is -2.42. The van der Waals surface area contributed by atoms with E-state index in [0.29, 0.717) is 25.1 Å². The maximum absolute atomic E-state index is 12.4. The first-order valence-electron chi connectivity index (χ1n) is 19.0. The van der Waals surface area contributed by atoms with Crippen LogP contribution in [0, 0.1) is 0 Å². The van der Waals surface area contributed by atoms with Crippen molar-refractivity contribution in [2.24, 2.45) is 0 Å². The highest BCUT2D eigenvalue weighted by molar-refractivity contribution is 5.84. The van der Waals surface area contributed by atoms with Crippen molar-refractivity contribution in [2.75, 3.05) is 19.8 Å². The van der Waals surface area contributed by atoms with Gasteiger partial charge in [0, 0.05) is 30.1 Å². The average Bonchev–Trinajstić information content (AvgIpc) is 3.56. The summed E-state index contributed by atoms with van der Waals surface area (Å²) in [5.41, 5.74) is 1.76. The molecule has 0 aliphatic carbocycles. The quantitative estimate of drug-likeness (QED) is 0.0599. The van der Waals surface area contributed by atoms with Crippen LogP contribution in [0.2, 0.25) is 0 Å². The van der Waals surface area contributed by atoms with Gasteiger partial charge in [-0.3, -0.25) is 4.79 Å². The molecule has 10 N–H and O–H groups in total. The fourth-order valence-corrected chi connectivity index (χ4v) is 6.53. The second kappa shape index (κ2) is 22.0. The van der Waals surface area contributed by atoms with Crippen molar-refractivity contribution in [3.8, 4) is 5.75 Å². The summed E-state index contributed by atoms with van der Waals surface area (Å²) in [6.45, 7) is 1.33. The minimum Gasteiger partial charge on any atom is -0.462 e. The Balaban J connectivity index is 1.17. The molecule has 2 aromatic rings. The SMILES string of the molecule is CCC(O)CCC/C=C\CCCCCCCC(=O)NCCc1c[nH]c2ccc(O[C@H]3OC(CO[C@H]4OC(CO)[C@@H](O)C(O)C4O)[C@@H](O)C(O)C3O)cc12. The number of aromatic nitrogens is 1. The van der Waals surface area contributed by atoms with Gasteiger partial charge in [0.2, 0.25) is 12.2 Å². The van der Waals surface area contributed by atoms with E-state index in [1.165, 1.54) is 0 Å². The van der Waals surface area contributed by atoms with Crippen LogP contribution >= 0.6 is 0 Å². The molecule has 0 bridgehead atoms. The number of ether oxygens (including phenoxy) is 4. The second-order valence-electron chi connectivity index (χ2n) is 14.1. The molecular weight excluding hydrogens is 692 g/mol. The van der Waals surface area contributed by atoms with Gasteiger partial charge in [0.15, 0.2) is 6.29 Å². The number of H-pyrrole nitrogens is 1. The van der Waals surface area contributed by atoms with Crippen LogP contribution in [-0.2, 0) is 25.4 Å². The number of carbonyl (C=O) groups excluding carboxylic acids is 1. The van der Waals surface area contributed by atoms with Crippen LogP contribution in [-0.4, -0.2) is 139 Å². The number of unbranched alkanes of at least 4 members (excludes halogenated alkanes) is 6. The zero-order chi connectivity index (χ0) is 38.3. The number of amides is 1. The number of aliphatic hydroxyl groups excluding tert-OH is 8. The molecule has 4 rings (SSSR count). The maximum atomic E-state index is 12.4. The minimum atomic E-state index is -1.68. The number of nitrogens with one attached hydrogen (secondary N) is 2. The number of allylic oxidation sites excluding steroid dienone is 2. The van der Waals surface area contributed by atoms with E-state index >= 15 is 0 Å². The van der Waals surface area contributed by atoms with Crippen molar-refractivity contribution < 1.29 is 64.6 Å². The average molecular weight is 753 g/mol. The molecule has 15 nitrogen and oxygen atoms in total. The number of hydrogen-bond donors (Lipinski definition) is 10. The molecule has 2 aliphatic heterocycles. The summed E-state index contributed by atoms with van der Waals surface area (Å²) in [7, 11) is 0. The predicted octanol–water partition coefficient (Wildman–Crippen LogP) is 1.06. The predicted molar refractivity (Wildman–Crippen MR) is 194 cm³/mol. The molecule has 0 spiro atoms. The Morgan fingerprint density at radius 2 is 1.53 bits per heavy atom. The molecule has 2 aliphatic rings. The van der Waals surface area contributed by atoms with Gasteiger partial charge in [-0.25, -0.2) is 0 Å². The highest BCUT2D eigenvalue weighted by Gasteiger charge is 2.48. The van der Waals surface area contributed by atoms with Crippen LogP contribution in [0.4, 0.5) is 0 Å². The number of carbonyl (C=O) groups is 1. The molecule has 300 valence electrons. The zero-order valence-electron chi connectivity index (χ0n) is 30.5. The lowest BCUT2D eigenvalue weighted by Crippen LogP contribution is -2.62. The molecule has 11 atom stereocenters. The van der Waals surface area contributed by atoms with E-state index in [2.05, 4.69) is 22.5 Å². The highest BCUT2D eigenvalue weighted by atomic mass is 16.7. The largest absolute Gasteiger partial charge is 0.462 e. The number of hydrogen-bond acceptors (Lipinski definition) is 13. The van der Waals surface area contributed by atoms with E-state index in [4.69, 9.17) is 18.9 Å². The molecule has 0 radical (unpaired) electrons. The van der Waals surface area contributed by atoms with Crippen molar-refractivity contribution >= 4 is 16.8 Å². The van der Waals surface area contributed by atoms with E-state index in [-0.39, 0.29) is 12.0 Å². The van der Waals surface area contributed by atoms with E-state index in [0.717, 1.165) is 80.7 Å². The van der Waals surface area contributed by atoms with Crippen LogP contribution in [0.5, 0.6) is 5.75 Å². The number of aromatic amines is 1. The van der Waals surface area contributed by atoms with Gasteiger partial charge in [0.25, 0.3) is 0 Å². The summed E-state index contributed by atoms with van der Waals surface area (Å²) in [6, 6.07) is 5.17. The summed E-state index contributed by atoms with van der Waals surface area (Å²) >= 11 is 0. The van der Waals surface area contributed by atoms with Gasteiger partial charge in [-0.15, -0.1) is 0 Å². The Bertz CT molecular complexity index is 1390. The lowest BCUT2D eigenvalue weighted by atomic mass is 9.98. The van der Waals surface area contributed by atoms with Crippen LogP contribution < -0.4 is 10.1 Å². The third-order valence-electron chi connectivity index (χ3n) is 9.97. The summed E-state index contributed by atoms with van der Waals surface area (Å²) in [4.78, 5) is 15.6. The molecule has 3 heterocycles. The zero-order valence-corrected chi connectivity index (χ0v) is 30.5. The van der Waals surface area contributed by atoms with E-state index in [9.17, 15) is 45.6 Å². The van der Waals surface area contributed by atoms with Gasteiger partial charge in [-0.1, -0.05) is 38.3 Å². The molecule has 0 saturated carbocycles. The summed E-state index contributed by atoms with van der Waals surface area (Å²) in [6.07, 6.45) is 1.98. The van der Waals surface area contributed by atoms with Crippen LogP contribution in [0.25, 0.3) is 10.9 Å². The first-order valence-corrected chi connectivity index (χ1v) is 19.0. The van der Waals surface area contributed by atoms with Gasteiger partial charge in [0.05, 0.1) is 19.3 Å². The molecule has 2 saturated heterocycles. The fourth-order valence-electron chi connectivity index (χ4n) is 6.53. The molecule has 2 fully saturated rings. The highest BCUT2D eigenvalue weighted by Crippen LogP contribution is 2.29. The van der Waals surface area contributed by atoms with Gasteiger partial charge in [0.1, 0.15) is 54.6 Å². The Morgan fingerprint density at radius 1 is 0.868 bits per heavy atom. The minimum absolute atomic E-state index is 0.0132. The fraction of sp³-hybridized carbons (Fsp3) is 0.711. The van der Waals surface area contributed by atoms with Crippen LogP contribution in [0.15, 0.2) is 36.5 Å². The van der Waals surface area contributed by atoms with Gasteiger partial charge >= 0.3 is 0 Å². The normalized spacial score (nSPS) is 29.8. The molecule has 15 heteroatoms. The molecule has 7 unspecified atom stereocenters. The van der Waals surface area contributed by atoms with Gasteiger partial charge < -0.3 is 70.1 Å². The van der Waals surface area contributed by atoms with E-state index < -0.39 is 74.6 Å². The van der Waals surface area contributed by atoms with E-state index in [1.54, 1.807) is 18.2 Å². The third kappa shape index (κ3) is 12.7. The Labute approximate surface area is 310 Å². The number of benzene rings is 1. The summed E-state index contributed by atoms with van der Waals surface area (Å²) in [5.74, 6) is 0.321. The van der Waals surface area contributed by atoms with Crippen molar-refractivity contribution in [1.29, 1.82) is 0 Å². The van der Waals surface area contributed by atoms with E-state index in [1.807, 2.05) is 13.1 Å². The number of aliphatic hydroxyl groups is 8. The summed E-state index contributed by atoms with van der Waals surface area (Å²) < 4.78 is 22.5. The van der Waals surface area contributed by atoms with Crippen molar-refractivity contribution in [2.45, 2.75) is 151 Å². The smallest absolute Gasteiger partial charge is 0.229 e. The molecular formula is C38H60N2O13. The van der Waals surface area contributed by atoms with Gasteiger partial charge in [-0.2, -0.15) is 0 Å². The molecule has 1 aromatic heterocycles. The monoisotopic (exact) mass is 752 g/mol. The number of rotatable bonds is 22. The Hall–Kier alpha value is -2.67. The summed E-state index contributed by atoms with van der Waals surface area (Å²) in [5, 5.41) is 84.8. The van der Waals surface area contributed by atoms with Crippen molar-refractivity contribution in [1.82, 2.24) is 10.3 Å². The Morgan fingerprint density at radius 3 is 2.26 bits per heavy atom. The Kier molecular flexibility index (Phi) is 17.9. The lowest BCUT2D eigenvalue weighted by molar-refractivity contribution is -0.323. The maximum Gasteiger partial charge on any atom is 0.229 e. The van der Waals surface area contributed by atoms with Gasteiger partial charge in [-0.05, 0) is 75.1 Å². The topological polar surface area (TPSA) is 244 Å². The number of fused-ring (bicyclic) bond motifs is 1. The van der Waals surface area contributed by atoms with Crippen molar-refractivity contribution in [3.05, 3.63) is 42.1 Å². The third-order valence-corrected chi connectivity index (χ3v) is 9.97. The first-order chi connectivity index (χ1) is 25.5. The molecule has 1 amide bonds.